The molecule has 1 amide bonds. The van der Waals surface area contributed by atoms with Gasteiger partial charge in [0.05, 0.1) is 17.9 Å². The van der Waals surface area contributed by atoms with Crippen LogP contribution in [0.3, 0.4) is 0 Å². The molecule has 32 heavy (non-hydrogen) atoms. The van der Waals surface area contributed by atoms with Crippen molar-refractivity contribution in [2.45, 2.75) is 6.54 Å². The monoisotopic (exact) mass is 465 g/mol. The molecule has 2 heterocycles. The molecule has 3 aromatic carbocycles. The third kappa shape index (κ3) is 4.17. The summed E-state index contributed by atoms with van der Waals surface area (Å²) in [5, 5.41) is 5.48. The van der Waals surface area contributed by atoms with Crippen molar-refractivity contribution in [2.75, 3.05) is 11.9 Å². The minimum absolute atomic E-state index is 0.00698. The van der Waals surface area contributed by atoms with Crippen LogP contribution in [-0.2, 0) is 11.3 Å². The Labute approximate surface area is 192 Å². The zero-order valence-electron chi connectivity index (χ0n) is 16.7. The van der Waals surface area contributed by atoms with E-state index < -0.39 is 0 Å². The molecule has 0 saturated heterocycles. The number of amides is 1. The summed E-state index contributed by atoms with van der Waals surface area (Å²) in [6.45, 7) is 0.524. The highest BCUT2D eigenvalue weighted by atomic mass is 35.5. The zero-order chi connectivity index (χ0) is 22.1. The molecule has 1 N–H and O–H groups in total. The number of benzene rings is 3. The number of hydrogen-bond donors (Lipinski definition) is 1. The van der Waals surface area contributed by atoms with E-state index in [0.29, 0.717) is 27.8 Å². The van der Waals surface area contributed by atoms with Crippen molar-refractivity contribution in [1.29, 1.82) is 0 Å². The van der Waals surface area contributed by atoms with Crippen LogP contribution in [0, 0.1) is 5.82 Å². The third-order valence-electron chi connectivity index (χ3n) is 5.03. The molecule has 160 valence electrons. The molecule has 0 bridgehead atoms. The van der Waals surface area contributed by atoms with Crippen molar-refractivity contribution < 1.29 is 13.9 Å². The molecule has 0 radical (unpaired) electrons. The van der Waals surface area contributed by atoms with Gasteiger partial charge in [0.25, 0.3) is 5.91 Å². The van der Waals surface area contributed by atoms with Gasteiger partial charge in [-0.2, -0.15) is 0 Å². The van der Waals surface area contributed by atoms with Crippen LogP contribution in [0.1, 0.15) is 5.56 Å². The van der Waals surface area contributed by atoms with E-state index in [9.17, 15) is 9.18 Å². The van der Waals surface area contributed by atoms with Crippen LogP contribution in [0.15, 0.2) is 77.1 Å². The minimum Gasteiger partial charge on any atom is -0.482 e. The van der Waals surface area contributed by atoms with Crippen molar-refractivity contribution in [2.24, 2.45) is 4.99 Å². The Morgan fingerprint density at radius 2 is 1.94 bits per heavy atom. The largest absolute Gasteiger partial charge is 0.482 e. The summed E-state index contributed by atoms with van der Waals surface area (Å²) >= 11 is 7.46. The van der Waals surface area contributed by atoms with E-state index in [2.05, 4.69) is 10.3 Å². The zero-order valence-corrected chi connectivity index (χ0v) is 18.3. The topological polar surface area (TPSA) is 55.6 Å². The number of nitrogens with one attached hydrogen (secondary N) is 1. The number of halogens is 2. The number of carbonyl (C=O) groups excluding carboxylic acids is 1. The fraction of sp³-hybridized carbons (Fsp3) is 0.0833. The molecule has 0 fully saturated rings. The second kappa shape index (κ2) is 8.61. The van der Waals surface area contributed by atoms with Gasteiger partial charge in [0.15, 0.2) is 11.4 Å². The van der Waals surface area contributed by atoms with Gasteiger partial charge < -0.3 is 14.6 Å². The number of fused-ring (bicyclic) bond motifs is 1. The van der Waals surface area contributed by atoms with Gasteiger partial charge in [-0.3, -0.25) is 4.79 Å². The van der Waals surface area contributed by atoms with Gasteiger partial charge in [-0.05, 0) is 48.0 Å². The molecule has 5 rings (SSSR count). The molecular formula is C24H17ClFN3O2S. The van der Waals surface area contributed by atoms with Crippen molar-refractivity contribution in [1.82, 2.24) is 4.57 Å². The Morgan fingerprint density at radius 3 is 2.75 bits per heavy atom. The maximum Gasteiger partial charge on any atom is 0.262 e. The van der Waals surface area contributed by atoms with Crippen molar-refractivity contribution >= 4 is 40.2 Å². The van der Waals surface area contributed by atoms with Crippen LogP contribution in [0.5, 0.6) is 5.75 Å². The summed E-state index contributed by atoms with van der Waals surface area (Å²) in [7, 11) is 0. The van der Waals surface area contributed by atoms with Crippen LogP contribution in [0.25, 0.3) is 11.3 Å². The number of thiazole rings is 1. The number of rotatable bonds is 4. The number of carbonyl (C=O) groups is 1. The Bertz CT molecular complexity index is 1380. The van der Waals surface area contributed by atoms with Gasteiger partial charge in [-0.1, -0.05) is 35.9 Å². The minimum atomic E-state index is -0.380. The standard InChI is InChI=1S/C24H17ClFN3O2S/c25-17-8-5-15(6-9-17)12-29-21(14-32-24(29)28-19-4-2-1-3-18(19)26)16-7-10-22-20(11-16)27-23(30)13-31-22/h1-11,14H,12-13H2,(H,27,30). The summed E-state index contributed by atoms with van der Waals surface area (Å²) in [6.07, 6.45) is 0. The SMILES string of the molecule is O=C1COc2ccc(-c3csc(=Nc4ccccc4F)n3Cc3ccc(Cl)cc3)cc2N1. The van der Waals surface area contributed by atoms with Crippen LogP contribution in [0.2, 0.25) is 5.02 Å². The van der Waals surface area contributed by atoms with E-state index in [1.807, 2.05) is 52.4 Å². The smallest absolute Gasteiger partial charge is 0.262 e. The van der Waals surface area contributed by atoms with Gasteiger partial charge in [-0.15, -0.1) is 11.3 Å². The lowest BCUT2D eigenvalue weighted by Gasteiger charge is -2.19. The summed E-state index contributed by atoms with van der Waals surface area (Å²) in [4.78, 5) is 17.0. The van der Waals surface area contributed by atoms with Crippen molar-refractivity contribution in [3.63, 3.8) is 0 Å². The second-order valence-electron chi connectivity index (χ2n) is 7.23. The van der Waals surface area contributed by atoms with Gasteiger partial charge >= 0.3 is 0 Å². The molecule has 4 aromatic rings. The molecule has 5 nitrogen and oxygen atoms in total. The van der Waals surface area contributed by atoms with Gasteiger partial charge in [0.2, 0.25) is 0 Å². The number of aromatic nitrogens is 1. The highest BCUT2D eigenvalue weighted by Crippen LogP contribution is 2.33. The molecule has 0 unspecified atom stereocenters. The van der Waals surface area contributed by atoms with Crippen LogP contribution in [0.4, 0.5) is 15.8 Å². The summed E-state index contributed by atoms with van der Waals surface area (Å²) in [6, 6.07) is 19.6. The number of para-hydroxylation sites is 1. The van der Waals surface area contributed by atoms with Gasteiger partial charge in [0.1, 0.15) is 17.3 Å². The first-order valence-electron chi connectivity index (χ1n) is 9.86. The molecule has 0 saturated carbocycles. The average Bonchev–Trinajstić information content (AvgIpc) is 3.18. The Hall–Kier alpha value is -3.42. The number of anilines is 1. The first-order valence-corrected chi connectivity index (χ1v) is 11.1. The number of hydrogen-bond acceptors (Lipinski definition) is 4. The molecule has 8 heteroatoms. The van der Waals surface area contributed by atoms with Crippen molar-refractivity contribution in [3.05, 3.63) is 93.3 Å². The summed E-state index contributed by atoms with van der Waals surface area (Å²) in [5.41, 5.74) is 3.70. The van der Waals surface area contributed by atoms with E-state index in [1.54, 1.807) is 18.2 Å². The number of nitrogens with zero attached hydrogens (tertiary/aromatic N) is 2. The molecule has 1 aliphatic rings. The summed E-state index contributed by atoms with van der Waals surface area (Å²) in [5.74, 6) is 0.0579. The maximum atomic E-state index is 14.3. The van der Waals surface area contributed by atoms with E-state index in [-0.39, 0.29) is 24.0 Å². The first-order chi connectivity index (χ1) is 15.6. The van der Waals surface area contributed by atoms with Gasteiger partial charge in [-0.25, -0.2) is 9.38 Å². The molecule has 0 atom stereocenters. The predicted octanol–water partition coefficient (Wildman–Crippen LogP) is 5.62. The average molecular weight is 466 g/mol. The Balaban J connectivity index is 1.64. The molecular weight excluding hydrogens is 449 g/mol. The molecule has 1 aliphatic heterocycles. The van der Waals surface area contributed by atoms with Gasteiger partial charge in [0, 0.05) is 16.0 Å². The summed E-state index contributed by atoms with van der Waals surface area (Å²) < 4.78 is 21.8. The lowest BCUT2D eigenvalue weighted by molar-refractivity contribution is -0.118. The predicted molar refractivity (Wildman–Crippen MR) is 124 cm³/mol. The fourth-order valence-electron chi connectivity index (χ4n) is 3.46. The normalized spacial score (nSPS) is 13.4. The lowest BCUT2D eigenvalue weighted by Crippen LogP contribution is -2.25. The highest BCUT2D eigenvalue weighted by Gasteiger charge is 2.18. The molecule has 0 aliphatic carbocycles. The van der Waals surface area contributed by atoms with E-state index in [0.717, 1.165) is 16.8 Å². The molecule has 0 spiro atoms. The van der Waals surface area contributed by atoms with Crippen molar-refractivity contribution in [3.8, 4) is 17.0 Å². The fourth-order valence-corrected chi connectivity index (χ4v) is 4.51. The molecule has 1 aromatic heterocycles. The highest BCUT2D eigenvalue weighted by molar-refractivity contribution is 7.07. The Morgan fingerprint density at radius 1 is 1.12 bits per heavy atom. The quantitative estimate of drug-likeness (QED) is 0.425. The first kappa shape index (κ1) is 20.5. The Kier molecular flexibility index (Phi) is 5.51. The third-order valence-corrected chi connectivity index (χ3v) is 6.14. The number of ether oxygens (including phenoxy) is 1. The van der Waals surface area contributed by atoms with E-state index in [4.69, 9.17) is 16.3 Å². The maximum absolute atomic E-state index is 14.3. The van der Waals surface area contributed by atoms with E-state index in [1.165, 1.54) is 17.4 Å². The van der Waals surface area contributed by atoms with Crippen LogP contribution in [-0.4, -0.2) is 17.1 Å². The van der Waals surface area contributed by atoms with E-state index >= 15 is 0 Å². The van der Waals surface area contributed by atoms with Crippen LogP contribution >= 0.6 is 22.9 Å². The second-order valence-corrected chi connectivity index (χ2v) is 8.50. The van der Waals surface area contributed by atoms with Crippen LogP contribution < -0.4 is 14.9 Å². The lowest BCUT2D eigenvalue weighted by atomic mass is 10.1.